The van der Waals surface area contributed by atoms with Crippen molar-refractivity contribution in [3.63, 3.8) is 0 Å². The van der Waals surface area contributed by atoms with E-state index in [-0.39, 0.29) is 31.7 Å². The van der Waals surface area contributed by atoms with Gasteiger partial charge in [-0.05, 0) is 0 Å². The van der Waals surface area contributed by atoms with E-state index < -0.39 is 6.09 Å². The number of hydrogen-bond donors (Lipinski definition) is 1. The first-order chi connectivity index (χ1) is 12.1. The Morgan fingerprint density at radius 2 is 1.68 bits per heavy atom. The molecule has 0 spiro atoms. The Morgan fingerprint density at radius 1 is 1.04 bits per heavy atom. The second-order valence-electron chi connectivity index (χ2n) is 6.18. The molecule has 0 aromatic heterocycles. The number of carbonyl (C=O) groups is 2. The molecule has 1 fully saturated rings. The number of carboxylic acid groups (broad SMARTS) is 1. The molecule has 1 aliphatic heterocycles. The van der Waals surface area contributed by atoms with Gasteiger partial charge in [-0.1, -0.05) is 0 Å². The van der Waals surface area contributed by atoms with Crippen LogP contribution in [0.2, 0.25) is 4.82 Å². The predicted molar refractivity (Wildman–Crippen MR) is 98.2 cm³/mol. The summed E-state index contributed by atoms with van der Waals surface area (Å²) in [5.41, 5.74) is 1.07. The van der Waals surface area contributed by atoms with Gasteiger partial charge in [0.05, 0.1) is 0 Å². The summed E-state index contributed by atoms with van der Waals surface area (Å²) in [6.07, 6.45) is 1.84. The van der Waals surface area contributed by atoms with Crippen molar-refractivity contribution in [3.8, 4) is 0 Å². The molecule has 3 rings (SSSR count). The van der Waals surface area contributed by atoms with Crippen molar-refractivity contribution < 1.29 is 14.7 Å². The summed E-state index contributed by atoms with van der Waals surface area (Å²) in [4.78, 5) is 25.7. The van der Waals surface area contributed by atoms with Gasteiger partial charge in [0.1, 0.15) is 0 Å². The molecule has 2 atom stereocenters. The summed E-state index contributed by atoms with van der Waals surface area (Å²) in [5, 5.41) is 9.68. The average Bonchev–Trinajstić information content (AvgIpc) is 2.76. The van der Waals surface area contributed by atoms with E-state index in [0.717, 1.165) is 34.2 Å². The molecule has 1 heterocycles. The van der Waals surface area contributed by atoms with Gasteiger partial charge < -0.3 is 0 Å². The summed E-state index contributed by atoms with van der Waals surface area (Å²) in [7, 11) is 0. The Morgan fingerprint density at radius 3 is 2.32 bits per heavy atom. The quantitative estimate of drug-likeness (QED) is 0.800. The van der Waals surface area contributed by atoms with Crippen molar-refractivity contribution >= 4 is 31.4 Å². The van der Waals surface area contributed by atoms with Gasteiger partial charge in [-0.25, -0.2) is 0 Å². The molecule has 2 aromatic carbocycles. The van der Waals surface area contributed by atoms with E-state index in [1.54, 1.807) is 0 Å². The van der Waals surface area contributed by atoms with Crippen molar-refractivity contribution in [2.45, 2.75) is 36.5 Å². The molecule has 2 unspecified atom stereocenters. The third-order valence-corrected chi connectivity index (χ3v) is 7.08. The Hall–Kier alpha value is -2.10. The molecule has 0 saturated carbocycles. The van der Waals surface area contributed by atoms with E-state index in [1.807, 2.05) is 60.7 Å². The number of rotatable bonds is 4. The minimum atomic E-state index is -1.12. The van der Waals surface area contributed by atoms with Crippen molar-refractivity contribution in [1.82, 2.24) is 4.90 Å². The first-order valence-electron chi connectivity index (χ1n) is 8.47. The van der Waals surface area contributed by atoms with Crippen LogP contribution in [0.3, 0.4) is 0 Å². The summed E-state index contributed by atoms with van der Waals surface area (Å²) < 4.78 is 1.14. The second kappa shape index (κ2) is 8.32. The number of amides is 2. The molecule has 130 valence electrons. The van der Waals surface area contributed by atoms with Crippen molar-refractivity contribution in [2.24, 2.45) is 0 Å². The number of nitrogens with zero attached hydrogens (tertiary/aromatic N) is 1. The first kappa shape index (κ1) is 17.7. The molecule has 1 saturated heterocycles. The Labute approximate surface area is 154 Å². The molecular formula is C20H21NO3Se. The molecule has 1 aliphatic rings. The van der Waals surface area contributed by atoms with Crippen molar-refractivity contribution in [3.05, 3.63) is 66.2 Å². The fraction of sp³-hybridized carbons (Fsp3) is 0.300. The Bertz CT molecular complexity index is 720. The van der Waals surface area contributed by atoms with Crippen LogP contribution in [0, 0.1) is 0 Å². The molecular weight excluding hydrogens is 381 g/mol. The first-order valence-corrected chi connectivity index (χ1v) is 10.3. The topological polar surface area (TPSA) is 57.6 Å². The van der Waals surface area contributed by atoms with Crippen molar-refractivity contribution in [2.75, 3.05) is 0 Å². The molecule has 5 heteroatoms. The standard InChI is InChI=1S/C20H21NO3Se/c22-19-18(25-17-11-5-2-6-12-17)13-7-10-16(21(19)20(23)24)14-15-8-3-1-4-9-15/h1-6,8-9,11-12,16,18H,7,10,13-14H2,(H,23,24). The third kappa shape index (κ3) is 4.50. The number of carbonyl (C=O) groups excluding carboxylic acids is 1. The van der Waals surface area contributed by atoms with E-state index >= 15 is 0 Å². The number of imide groups is 1. The SMILES string of the molecule is O=C(O)N1C(=O)C([Se]c2ccccc2)CCCC1Cc1ccccc1. The fourth-order valence-corrected chi connectivity index (χ4v) is 5.62. The van der Waals surface area contributed by atoms with Gasteiger partial charge in [0.25, 0.3) is 0 Å². The second-order valence-corrected chi connectivity index (χ2v) is 8.86. The normalized spacial score (nSPS) is 21.0. The molecule has 0 radical (unpaired) electrons. The van der Waals surface area contributed by atoms with Crippen LogP contribution < -0.4 is 4.46 Å². The summed E-state index contributed by atoms with van der Waals surface area (Å²) >= 11 is -0.0479. The molecule has 0 aliphatic carbocycles. The van der Waals surface area contributed by atoms with Gasteiger partial charge in [-0.3, -0.25) is 0 Å². The molecule has 4 nitrogen and oxygen atoms in total. The summed E-state index contributed by atoms with van der Waals surface area (Å²) in [6.45, 7) is 0. The van der Waals surface area contributed by atoms with Gasteiger partial charge in [0, 0.05) is 0 Å². The van der Waals surface area contributed by atoms with Gasteiger partial charge >= 0.3 is 154 Å². The van der Waals surface area contributed by atoms with E-state index in [0.29, 0.717) is 6.42 Å². The fourth-order valence-electron chi connectivity index (χ4n) is 3.23. The molecule has 1 N–H and O–H groups in total. The van der Waals surface area contributed by atoms with E-state index in [9.17, 15) is 14.7 Å². The van der Waals surface area contributed by atoms with Crippen LogP contribution in [0.4, 0.5) is 4.79 Å². The zero-order valence-electron chi connectivity index (χ0n) is 13.9. The van der Waals surface area contributed by atoms with E-state index in [2.05, 4.69) is 0 Å². The molecule has 2 aromatic rings. The maximum absolute atomic E-state index is 13.0. The molecule has 2 amide bonds. The van der Waals surface area contributed by atoms with E-state index in [1.165, 1.54) is 0 Å². The van der Waals surface area contributed by atoms with Gasteiger partial charge in [0.15, 0.2) is 0 Å². The van der Waals surface area contributed by atoms with Crippen LogP contribution in [0.1, 0.15) is 24.8 Å². The summed E-state index contributed by atoms with van der Waals surface area (Å²) in [5.74, 6) is -0.227. The predicted octanol–water partition coefficient (Wildman–Crippen LogP) is 3.11. The van der Waals surface area contributed by atoms with Gasteiger partial charge in [0.2, 0.25) is 0 Å². The Balaban J connectivity index is 1.79. The van der Waals surface area contributed by atoms with E-state index in [4.69, 9.17) is 0 Å². The number of likely N-dealkylation sites (tertiary alicyclic amines) is 1. The maximum atomic E-state index is 13.0. The average molecular weight is 402 g/mol. The van der Waals surface area contributed by atoms with Crippen LogP contribution in [0.5, 0.6) is 0 Å². The van der Waals surface area contributed by atoms with Crippen LogP contribution >= 0.6 is 0 Å². The van der Waals surface area contributed by atoms with Crippen LogP contribution in [-0.2, 0) is 11.2 Å². The number of hydrogen-bond acceptors (Lipinski definition) is 2. The van der Waals surface area contributed by atoms with Crippen molar-refractivity contribution in [1.29, 1.82) is 0 Å². The molecule has 0 bridgehead atoms. The zero-order chi connectivity index (χ0) is 17.6. The number of benzene rings is 2. The van der Waals surface area contributed by atoms with Crippen LogP contribution in [0.25, 0.3) is 0 Å². The van der Waals surface area contributed by atoms with Crippen LogP contribution in [0.15, 0.2) is 60.7 Å². The van der Waals surface area contributed by atoms with Gasteiger partial charge in [-0.2, -0.15) is 0 Å². The minimum absolute atomic E-state index is 0.0479. The van der Waals surface area contributed by atoms with Gasteiger partial charge in [-0.15, -0.1) is 0 Å². The monoisotopic (exact) mass is 403 g/mol. The Kier molecular flexibility index (Phi) is 5.90. The zero-order valence-corrected chi connectivity index (χ0v) is 15.6. The molecule has 25 heavy (non-hydrogen) atoms. The third-order valence-electron chi connectivity index (χ3n) is 4.42. The summed E-state index contributed by atoms with van der Waals surface area (Å²) in [6, 6.07) is 19.4. The van der Waals surface area contributed by atoms with Crippen LogP contribution in [-0.4, -0.2) is 43.0 Å².